The fourth-order valence-electron chi connectivity index (χ4n) is 4.46. The molecule has 3 heterocycles. The Kier molecular flexibility index (Phi) is 7.09. The van der Waals surface area contributed by atoms with Crippen molar-refractivity contribution in [1.82, 2.24) is 19.9 Å². The minimum atomic E-state index is -0.373. The minimum Gasteiger partial charge on any atom is -0.348 e. The first-order valence-corrected chi connectivity index (χ1v) is 11.9. The highest BCUT2D eigenvalue weighted by Crippen LogP contribution is 2.38. The van der Waals surface area contributed by atoms with Crippen molar-refractivity contribution in [2.45, 2.75) is 13.1 Å². The van der Waals surface area contributed by atoms with Crippen molar-refractivity contribution in [3.05, 3.63) is 113 Å². The Labute approximate surface area is 209 Å². The van der Waals surface area contributed by atoms with Gasteiger partial charge in [0.25, 0.3) is 0 Å². The van der Waals surface area contributed by atoms with Gasteiger partial charge in [0.1, 0.15) is 12.1 Å². The first-order valence-electron chi connectivity index (χ1n) is 11.9. The summed E-state index contributed by atoms with van der Waals surface area (Å²) in [5, 5.41) is 12.4. The number of benzene rings is 2. The molecular formula is C27H27N7O2. The van der Waals surface area contributed by atoms with E-state index in [0.717, 1.165) is 25.2 Å². The number of piperazine rings is 1. The van der Waals surface area contributed by atoms with Gasteiger partial charge in [-0.3, -0.25) is 15.0 Å². The third kappa shape index (κ3) is 5.31. The molecule has 0 unspecified atom stereocenters. The Balaban J connectivity index is 1.44. The first-order chi connectivity index (χ1) is 17.7. The second kappa shape index (κ2) is 10.9. The van der Waals surface area contributed by atoms with Crippen LogP contribution in [-0.4, -0.2) is 51.0 Å². The second-order valence-electron chi connectivity index (χ2n) is 8.64. The van der Waals surface area contributed by atoms with Crippen LogP contribution in [0, 0.1) is 10.1 Å². The Morgan fingerprint density at radius 1 is 0.806 bits per heavy atom. The zero-order valence-electron chi connectivity index (χ0n) is 19.8. The highest BCUT2D eigenvalue weighted by Gasteiger charge is 2.32. The Morgan fingerprint density at radius 3 is 2.11 bits per heavy atom. The maximum Gasteiger partial charge on any atom is 0.354 e. The summed E-state index contributed by atoms with van der Waals surface area (Å²) in [6, 6.07) is 25.6. The van der Waals surface area contributed by atoms with E-state index in [4.69, 9.17) is 0 Å². The highest BCUT2D eigenvalue weighted by atomic mass is 16.6. The molecule has 0 amide bonds. The minimum absolute atomic E-state index is 0.101. The largest absolute Gasteiger partial charge is 0.354 e. The summed E-state index contributed by atoms with van der Waals surface area (Å²) in [5.41, 5.74) is 2.15. The van der Waals surface area contributed by atoms with Crippen LogP contribution in [0.25, 0.3) is 0 Å². The van der Waals surface area contributed by atoms with E-state index in [1.54, 1.807) is 11.1 Å². The van der Waals surface area contributed by atoms with Crippen LogP contribution >= 0.6 is 0 Å². The third-order valence-electron chi connectivity index (χ3n) is 6.25. The first kappa shape index (κ1) is 23.4. The average Bonchev–Trinajstić information content (AvgIpc) is 2.93. The molecule has 0 bridgehead atoms. The molecule has 182 valence electrons. The molecule has 1 saturated heterocycles. The van der Waals surface area contributed by atoms with E-state index in [2.05, 4.69) is 32.0 Å². The van der Waals surface area contributed by atoms with Gasteiger partial charge in [-0.1, -0.05) is 66.7 Å². The van der Waals surface area contributed by atoms with Crippen molar-refractivity contribution < 1.29 is 4.92 Å². The quantitative estimate of drug-likeness (QED) is 0.269. The smallest absolute Gasteiger partial charge is 0.348 e. The summed E-state index contributed by atoms with van der Waals surface area (Å²) >= 11 is 0. The molecule has 4 aromatic rings. The lowest BCUT2D eigenvalue weighted by molar-refractivity contribution is -0.383. The van der Waals surface area contributed by atoms with Crippen molar-refractivity contribution in [2.75, 3.05) is 36.0 Å². The van der Waals surface area contributed by atoms with E-state index in [1.165, 1.54) is 11.9 Å². The number of nitro groups is 1. The third-order valence-corrected chi connectivity index (χ3v) is 6.25. The van der Waals surface area contributed by atoms with Gasteiger partial charge >= 0.3 is 5.69 Å². The molecule has 0 atom stereocenters. The van der Waals surface area contributed by atoms with Gasteiger partial charge in [0.15, 0.2) is 0 Å². The van der Waals surface area contributed by atoms with Gasteiger partial charge in [-0.25, -0.2) is 15.0 Å². The topological polar surface area (TPSA) is 91.5 Å². The standard InChI is InChI=1S/C27H27N7O2/c35-34(36)25-26(32-17-15-31(16-18-32)19-22-9-3-1-4-10-22)29-21-30-27(25)33(24-13-7-8-14-28-24)20-23-11-5-2-6-12-23/h1-14,21H,15-20H2. The molecule has 36 heavy (non-hydrogen) atoms. The van der Waals surface area contributed by atoms with Crippen LogP contribution in [0.15, 0.2) is 91.4 Å². The summed E-state index contributed by atoms with van der Waals surface area (Å²) in [6.45, 7) is 4.12. The number of nitrogens with zero attached hydrogens (tertiary/aromatic N) is 7. The summed E-state index contributed by atoms with van der Waals surface area (Å²) in [4.78, 5) is 31.4. The maximum absolute atomic E-state index is 12.4. The van der Waals surface area contributed by atoms with Crippen LogP contribution < -0.4 is 9.80 Å². The number of rotatable bonds is 8. The Bertz CT molecular complexity index is 1280. The van der Waals surface area contributed by atoms with Crippen LogP contribution in [0.1, 0.15) is 11.1 Å². The lowest BCUT2D eigenvalue weighted by Crippen LogP contribution is -2.46. The van der Waals surface area contributed by atoms with Crippen LogP contribution in [0.5, 0.6) is 0 Å². The van der Waals surface area contributed by atoms with Crippen molar-refractivity contribution >= 4 is 23.1 Å². The summed E-state index contributed by atoms with van der Waals surface area (Å²) in [6.07, 6.45) is 3.09. The molecule has 9 nitrogen and oxygen atoms in total. The number of aromatic nitrogens is 3. The molecule has 2 aromatic heterocycles. The molecule has 0 saturated carbocycles. The average molecular weight is 482 g/mol. The van der Waals surface area contributed by atoms with Gasteiger partial charge in [-0.2, -0.15) is 0 Å². The molecule has 1 fully saturated rings. The fourth-order valence-corrected chi connectivity index (χ4v) is 4.46. The summed E-state index contributed by atoms with van der Waals surface area (Å²) < 4.78 is 0. The van der Waals surface area contributed by atoms with Crippen molar-refractivity contribution in [3.63, 3.8) is 0 Å². The van der Waals surface area contributed by atoms with Crippen molar-refractivity contribution in [1.29, 1.82) is 0 Å². The molecule has 0 N–H and O–H groups in total. The normalized spacial score (nSPS) is 13.9. The molecule has 5 rings (SSSR count). The van der Waals surface area contributed by atoms with E-state index < -0.39 is 0 Å². The monoisotopic (exact) mass is 481 g/mol. The molecule has 0 aliphatic carbocycles. The molecule has 2 aromatic carbocycles. The van der Waals surface area contributed by atoms with Gasteiger partial charge in [0.05, 0.1) is 11.5 Å². The van der Waals surface area contributed by atoms with E-state index in [0.29, 0.717) is 31.3 Å². The van der Waals surface area contributed by atoms with Gasteiger partial charge in [0.2, 0.25) is 11.6 Å². The number of pyridine rings is 1. The number of hydrogen-bond acceptors (Lipinski definition) is 8. The van der Waals surface area contributed by atoms with E-state index in [1.807, 2.05) is 71.6 Å². The predicted octanol–water partition coefficient (Wildman–Crippen LogP) is 4.44. The molecule has 9 heteroatoms. The second-order valence-corrected chi connectivity index (χ2v) is 8.64. The lowest BCUT2D eigenvalue weighted by Gasteiger charge is -2.35. The summed E-state index contributed by atoms with van der Waals surface area (Å²) in [5.74, 6) is 1.17. The van der Waals surface area contributed by atoms with E-state index in [-0.39, 0.29) is 16.4 Å². The van der Waals surface area contributed by atoms with Crippen LogP contribution in [0.3, 0.4) is 0 Å². The zero-order chi connectivity index (χ0) is 24.7. The van der Waals surface area contributed by atoms with Crippen LogP contribution in [-0.2, 0) is 13.1 Å². The maximum atomic E-state index is 12.4. The highest BCUT2D eigenvalue weighted by molar-refractivity contribution is 5.75. The van der Waals surface area contributed by atoms with Crippen molar-refractivity contribution in [2.24, 2.45) is 0 Å². The fraction of sp³-hybridized carbons (Fsp3) is 0.222. The van der Waals surface area contributed by atoms with E-state index >= 15 is 0 Å². The van der Waals surface area contributed by atoms with Crippen LogP contribution in [0.4, 0.5) is 23.1 Å². The van der Waals surface area contributed by atoms with Gasteiger partial charge in [-0.15, -0.1) is 0 Å². The van der Waals surface area contributed by atoms with Crippen LogP contribution in [0.2, 0.25) is 0 Å². The summed E-state index contributed by atoms with van der Waals surface area (Å²) in [7, 11) is 0. The SMILES string of the molecule is O=[N+]([O-])c1c(N2CCN(Cc3ccccc3)CC2)ncnc1N(Cc1ccccc1)c1ccccn1. The van der Waals surface area contributed by atoms with E-state index in [9.17, 15) is 10.1 Å². The van der Waals surface area contributed by atoms with Gasteiger partial charge in [0, 0.05) is 38.9 Å². The lowest BCUT2D eigenvalue weighted by atomic mass is 10.2. The predicted molar refractivity (Wildman–Crippen MR) is 139 cm³/mol. The molecule has 0 spiro atoms. The molecule has 0 radical (unpaired) electrons. The zero-order valence-corrected chi connectivity index (χ0v) is 19.8. The van der Waals surface area contributed by atoms with Crippen molar-refractivity contribution in [3.8, 4) is 0 Å². The van der Waals surface area contributed by atoms with Gasteiger partial charge in [-0.05, 0) is 23.3 Å². The Hall–Kier alpha value is -4.37. The van der Waals surface area contributed by atoms with Gasteiger partial charge < -0.3 is 9.80 Å². The number of hydrogen-bond donors (Lipinski definition) is 0. The molecular weight excluding hydrogens is 454 g/mol. The Morgan fingerprint density at radius 2 is 1.47 bits per heavy atom. The molecule has 1 aliphatic rings. The number of anilines is 3. The molecule has 1 aliphatic heterocycles.